The van der Waals surface area contributed by atoms with E-state index >= 15 is 0 Å². The number of hydrogen-bond acceptors (Lipinski definition) is 2. The van der Waals surface area contributed by atoms with E-state index in [9.17, 15) is 13.2 Å². The second kappa shape index (κ2) is 3.62. The molecule has 2 nitrogen and oxygen atoms in total. The van der Waals surface area contributed by atoms with E-state index in [1.807, 2.05) is 0 Å². The molecular formula is C7H10F3O2. The summed E-state index contributed by atoms with van der Waals surface area (Å²) in [5.41, 5.74) is 0. The lowest BCUT2D eigenvalue weighted by atomic mass is 10.2. The Hall–Kier alpha value is -0.290. The van der Waals surface area contributed by atoms with Crippen LogP contribution in [-0.4, -0.2) is 19.6 Å². The van der Waals surface area contributed by atoms with Crippen molar-refractivity contribution in [2.75, 3.05) is 7.11 Å². The van der Waals surface area contributed by atoms with Crippen LogP contribution >= 0.6 is 0 Å². The Labute approximate surface area is 68.6 Å². The summed E-state index contributed by atoms with van der Waals surface area (Å²) in [5.74, 6) is 0. The molecule has 0 bridgehead atoms. The minimum Gasteiger partial charge on any atom is -0.372 e. The molecule has 0 aromatic heterocycles. The van der Waals surface area contributed by atoms with Gasteiger partial charge in [0.25, 0.3) is 0 Å². The predicted molar refractivity (Wildman–Crippen MR) is 35.0 cm³/mol. The smallest absolute Gasteiger partial charge is 0.372 e. The fraction of sp³-hybridized carbons (Fsp3) is 0.857. The van der Waals surface area contributed by atoms with Crippen molar-refractivity contribution in [1.82, 2.24) is 0 Å². The van der Waals surface area contributed by atoms with E-state index in [0.717, 1.165) is 0 Å². The molecule has 1 unspecified atom stereocenters. The maximum Gasteiger partial charge on any atom is 0.522 e. The molecule has 5 heteroatoms. The molecule has 71 valence electrons. The van der Waals surface area contributed by atoms with Crippen LogP contribution in [0.3, 0.4) is 0 Å². The summed E-state index contributed by atoms with van der Waals surface area (Å²) in [4.78, 5) is 0. The molecule has 0 amide bonds. The lowest BCUT2D eigenvalue weighted by Crippen LogP contribution is -2.26. The second-order valence-corrected chi connectivity index (χ2v) is 2.61. The predicted octanol–water partition coefficient (Wildman–Crippen LogP) is 2.25. The van der Waals surface area contributed by atoms with Gasteiger partial charge in [0.05, 0.1) is 6.10 Å². The zero-order valence-corrected chi connectivity index (χ0v) is 6.65. The van der Waals surface area contributed by atoms with Crippen molar-refractivity contribution in [3.63, 3.8) is 0 Å². The Bertz CT molecular complexity index is 146. The van der Waals surface area contributed by atoms with E-state index in [1.165, 1.54) is 7.11 Å². The number of hydrogen-bond donors (Lipinski definition) is 0. The van der Waals surface area contributed by atoms with Gasteiger partial charge in [0, 0.05) is 7.11 Å². The lowest BCUT2D eigenvalue weighted by Gasteiger charge is -2.18. The van der Waals surface area contributed by atoms with Crippen molar-refractivity contribution < 1.29 is 22.6 Å². The first-order valence-electron chi connectivity index (χ1n) is 3.67. The summed E-state index contributed by atoms with van der Waals surface area (Å²) >= 11 is 0. The summed E-state index contributed by atoms with van der Waals surface area (Å²) in [6, 6.07) is 0. The van der Waals surface area contributed by atoms with Crippen LogP contribution in [-0.2, 0) is 9.47 Å². The fourth-order valence-corrected chi connectivity index (χ4v) is 1.30. The summed E-state index contributed by atoms with van der Waals surface area (Å²) < 4.78 is 43.8. The standard InChI is InChI=1S/C7H10F3O2/c1-11-5-3-2-4-6(5)12-7(8,9)10/h6H,2-4H2,1H3. The lowest BCUT2D eigenvalue weighted by molar-refractivity contribution is -0.343. The zero-order chi connectivity index (χ0) is 9.19. The molecule has 1 aliphatic rings. The van der Waals surface area contributed by atoms with E-state index in [-0.39, 0.29) is 0 Å². The van der Waals surface area contributed by atoms with Crippen LogP contribution in [0.4, 0.5) is 13.2 Å². The van der Waals surface area contributed by atoms with Crippen molar-refractivity contribution in [2.24, 2.45) is 0 Å². The Morgan fingerprint density at radius 1 is 1.42 bits per heavy atom. The topological polar surface area (TPSA) is 18.5 Å². The largest absolute Gasteiger partial charge is 0.522 e. The number of halogens is 3. The van der Waals surface area contributed by atoms with E-state index < -0.39 is 12.5 Å². The van der Waals surface area contributed by atoms with E-state index in [0.29, 0.717) is 25.4 Å². The molecule has 0 heterocycles. The normalized spacial score (nSPS) is 26.5. The molecule has 1 fully saturated rings. The van der Waals surface area contributed by atoms with Crippen LogP contribution < -0.4 is 0 Å². The SMILES string of the molecule is CO[C]1CCCC1OC(F)(F)F. The summed E-state index contributed by atoms with van der Waals surface area (Å²) in [6.07, 6.45) is -3.40. The molecule has 1 saturated carbocycles. The molecule has 1 rings (SSSR count). The van der Waals surface area contributed by atoms with Gasteiger partial charge >= 0.3 is 6.36 Å². The quantitative estimate of drug-likeness (QED) is 0.653. The monoisotopic (exact) mass is 183 g/mol. The van der Waals surface area contributed by atoms with Crippen LogP contribution in [0.15, 0.2) is 0 Å². The number of ether oxygens (including phenoxy) is 2. The van der Waals surface area contributed by atoms with Gasteiger partial charge in [-0.05, 0) is 19.3 Å². The van der Waals surface area contributed by atoms with Crippen molar-refractivity contribution in [3.8, 4) is 0 Å². The molecular weight excluding hydrogens is 173 g/mol. The Morgan fingerprint density at radius 2 is 2.08 bits per heavy atom. The van der Waals surface area contributed by atoms with Crippen LogP contribution in [0, 0.1) is 6.10 Å². The minimum absolute atomic E-state index is 0.392. The van der Waals surface area contributed by atoms with Gasteiger partial charge in [0.15, 0.2) is 0 Å². The minimum atomic E-state index is -4.56. The third kappa shape index (κ3) is 2.64. The van der Waals surface area contributed by atoms with Gasteiger partial charge in [-0.3, -0.25) is 4.74 Å². The van der Waals surface area contributed by atoms with Gasteiger partial charge in [-0.1, -0.05) is 0 Å². The molecule has 0 aromatic carbocycles. The third-order valence-corrected chi connectivity index (χ3v) is 1.79. The molecule has 0 saturated heterocycles. The Kier molecular flexibility index (Phi) is 2.95. The molecule has 0 spiro atoms. The maximum atomic E-state index is 11.7. The highest BCUT2D eigenvalue weighted by molar-refractivity contribution is 4.94. The Morgan fingerprint density at radius 3 is 2.58 bits per heavy atom. The van der Waals surface area contributed by atoms with Gasteiger partial charge in [-0.25, -0.2) is 0 Å². The van der Waals surface area contributed by atoms with Crippen LogP contribution in [0.25, 0.3) is 0 Å². The first kappa shape index (κ1) is 9.80. The Balaban J connectivity index is 2.41. The van der Waals surface area contributed by atoms with Gasteiger partial charge in [-0.2, -0.15) is 0 Å². The zero-order valence-electron chi connectivity index (χ0n) is 6.65. The maximum absolute atomic E-state index is 11.7. The highest BCUT2D eigenvalue weighted by atomic mass is 19.4. The molecule has 1 atom stereocenters. The first-order valence-corrected chi connectivity index (χ1v) is 3.67. The van der Waals surface area contributed by atoms with Gasteiger partial charge < -0.3 is 4.74 Å². The van der Waals surface area contributed by atoms with Crippen molar-refractivity contribution in [1.29, 1.82) is 0 Å². The fourth-order valence-electron chi connectivity index (χ4n) is 1.30. The highest BCUT2D eigenvalue weighted by Gasteiger charge is 2.39. The molecule has 0 N–H and O–H groups in total. The molecule has 1 aliphatic carbocycles. The average Bonchev–Trinajstić information content (AvgIpc) is 2.31. The summed E-state index contributed by atoms with van der Waals surface area (Å²) in [6.45, 7) is 0. The molecule has 0 aromatic rings. The van der Waals surface area contributed by atoms with Crippen LogP contribution in [0.2, 0.25) is 0 Å². The van der Waals surface area contributed by atoms with Crippen molar-refractivity contribution >= 4 is 0 Å². The van der Waals surface area contributed by atoms with Gasteiger partial charge in [0.1, 0.15) is 6.10 Å². The average molecular weight is 183 g/mol. The number of rotatable bonds is 2. The second-order valence-electron chi connectivity index (χ2n) is 2.61. The van der Waals surface area contributed by atoms with E-state index in [4.69, 9.17) is 4.74 Å². The molecule has 12 heavy (non-hydrogen) atoms. The number of alkyl halides is 3. The first-order chi connectivity index (χ1) is 5.53. The van der Waals surface area contributed by atoms with Crippen molar-refractivity contribution in [2.45, 2.75) is 31.7 Å². The van der Waals surface area contributed by atoms with Crippen LogP contribution in [0.1, 0.15) is 19.3 Å². The summed E-state index contributed by atoms with van der Waals surface area (Å²) in [5, 5.41) is 0. The molecule has 0 aliphatic heterocycles. The third-order valence-electron chi connectivity index (χ3n) is 1.79. The van der Waals surface area contributed by atoms with Gasteiger partial charge in [0.2, 0.25) is 0 Å². The number of methoxy groups -OCH3 is 1. The van der Waals surface area contributed by atoms with Crippen molar-refractivity contribution in [3.05, 3.63) is 6.10 Å². The van der Waals surface area contributed by atoms with Gasteiger partial charge in [-0.15, -0.1) is 13.2 Å². The van der Waals surface area contributed by atoms with Crippen LogP contribution in [0.5, 0.6) is 0 Å². The molecule has 1 radical (unpaired) electrons. The highest BCUT2D eigenvalue weighted by Crippen LogP contribution is 2.34. The van der Waals surface area contributed by atoms with E-state index in [2.05, 4.69) is 4.74 Å². The van der Waals surface area contributed by atoms with E-state index in [1.54, 1.807) is 0 Å². The summed E-state index contributed by atoms with van der Waals surface area (Å²) in [7, 11) is 1.37.